The van der Waals surface area contributed by atoms with E-state index in [9.17, 15) is 10.1 Å². The fraction of sp³-hybridized carbons (Fsp3) is 0.353. The van der Waals surface area contributed by atoms with Crippen LogP contribution in [0.15, 0.2) is 30.3 Å². The molecule has 0 fully saturated rings. The maximum absolute atomic E-state index is 12.4. The summed E-state index contributed by atoms with van der Waals surface area (Å²) >= 11 is 0. The average Bonchev–Trinajstić information content (AvgIpc) is 2.87. The Bertz CT molecular complexity index is 761. The van der Waals surface area contributed by atoms with Crippen molar-refractivity contribution in [3.8, 4) is 6.07 Å². The monoisotopic (exact) mass is 310 g/mol. The molecule has 0 bridgehead atoms. The number of aromatic nitrogens is 2. The molecule has 0 spiro atoms. The van der Waals surface area contributed by atoms with Crippen LogP contribution < -0.4 is 0 Å². The molecule has 1 aromatic carbocycles. The first-order chi connectivity index (χ1) is 11.1. The van der Waals surface area contributed by atoms with Gasteiger partial charge < -0.3 is 4.74 Å². The van der Waals surface area contributed by atoms with Crippen molar-refractivity contribution >= 4 is 6.09 Å². The van der Waals surface area contributed by atoms with Crippen molar-refractivity contribution < 1.29 is 9.53 Å². The predicted molar refractivity (Wildman–Crippen MR) is 83.3 cm³/mol. The molecule has 1 amide bonds. The zero-order valence-corrected chi connectivity index (χ0v) is 13.2. The number of fused-ring (bicyclic) bond motifs is 1. The minimum absolute atomic E-state index is 0.202. The number of aryl methyl sites for hydroxylation is 2. The van der Waals surface area contributed by atoms with Crippen LogP contribution in [-0.4, -0.2) is 27.3 Å². The number of nitrogens with zero attached hydrogens (tertiary/aromatic N) is 4. The molecular weight excluding hydrogens is 292 g/mol. The molecule has 0 radical (unpaired) electrons. The summed E-state index contributed by atoms with van der Waals surface area (Å²) in [6.07, 6.45) is 0.208. The van der Waals surface area contributed by atoms with Gasteiger partial charge in [0.1, 0.15) is 6.61 Å². The van der Waals surface area contributed by atoms with E-state index in [4.69, 9.17) is 4.74 Å². The number of carbonyl (C=O) groups is 1. The molecule has 6 nitrogen and oxygen atoms in total. The molecule has 118 valence electrons. The van der Waals surface area contributed by atoms with Crippen LogP contribution in [0.1, 0.15) is 28.6 Å². The van der Waals surface area contributed by atoms with Gasteiger partial charge in [-0.3, -0.25) is 9.58 Å². The molecule has 2 heterocycles. The van der Waals surface area contributed by atoms with Crippen LogP contribution in [-0.2, 0) is 24.8 Å². The average molecular weight is 310 g/mol. The summed E-state index contributed by atoms with van der Waals surface area (Å²) in [5, 5.41) is 13.9. The molecule has 1 aromatic heterocycles. The SMILES string of the molecule is Cc1nn(C)c2c1C(C#N)N(C(=O)OCc1ccccc1)CC2. The maximum atomic E-state index is 12.4. The van der Waals surface area contributed by atoms with Crippen LogP contribution >= 0.6 is 0 Å². The largest absolute Gasteiger partial charge is 0.445 e. The van der Waals surface area contributed by atoms with E-state index in [1.165, 1.54) is 4.90 Å². The van der Waals surface area contributed by atoms with Gasteiger partial charge in [-0.1, -0.05) is 30.3 Å². The van der Waals surface area contributed by atoms with Gasteiger partial charge in [-0.2, -0.15) is 10.4 Å². The molecule has 1 aliphatic heterocycles. The van der Waals surface area contributed by atoms with Crippen molar-refractivity contribution in [3.63, 3.8) is 0 Å². The van der Waals surface area contributed by atoms with E-state index in [2.05, 4.69) is 11.2 Å². The molecule has 23 heavy (non-hydrogen) atoms. The molecular formula is C17H18N4O2. The third-order valence-electron chi connectivity index (χ3n) is 4.13. The molecule has 0 aliphatic carbocycles. The van der Waals surface area contributed by atoms with E-state index in [1.54, 1.807) is 4.68 Å². The van der Waals surface area contributed by atoms with Crippen molar-refractivity contribution in [3.05, 3.63) is 52.8 Å². The third kappa shape index (κ3) is 2.78. The van der Waals surface area contributed by atoms with Crippen molar-refractivity contribution in [1.29, 1.82) is 5.26 Å². The normalized spacial score (nSPS) is 16.6. The van der Waals surface area contributed by atoms with Crippen LogP contribution in [0, 0.1) is 18.3 Å². The van der Waals surface area contributed by atoms with Crippen LogP contribution in [0.25, 0.3) is 0 Å². The Labute approximate surface area is 134 Å². The number of hydrogen-bond acceptors (Lipinski definition) is 4. The molecule has 0 N–H and O–H groups in total. The molecule has 2 aromatic rings. The minimum Gasteiger partial charge on any atom is -0.445 e. The van der Waals surface area contributed by atoms with E-state index in [1.807, 2.05) is 44.3 Å². The van der Waals surface area contributed by atoms with Gasteiger partial charge in [0.25, 0.3) is 0 Å². The summed E-state index contributed by atoms with van der Waals surface area (Å²) in [6, 6.07) is 11.1. The standard InChI is InChI=1S/C17H18N4O2/c1-12-16-14(20(2)19-12)8-9-21(15(16)10-18)17(22)23-11-13-6-4-3-5-7-13/h3-7,15H,8-9,11H2,1-2H3. The second-order valence-electron chi connectivity index (χ2n) is 5.58. The molecule has 3 rings (SSSR count). The van der Waals surface area contributed by atoms with E-state index >= 15 is 0 Å². The number of rotatable bonds is 2. The van der Waals surface area contributed by atoms with Gasteiger partial charge in [-0.05, 0) is 12.5 Å². The number of hydrogen-bond donors (Lipinski definition) is 0. The van der Waals surface area contributed by atoms with Crippen LogP contribution in [0.3, 0.4) is 0 Å². The Morgan fingerprint density at radius 3 is 2.87 bits per heavy atom. The molecule has 1 aliphatic rings. The summed E-state index contributed by atoms with van der Waals surface area (Å²) in [6.45, 7) is 2.52. The number of nitriles is 1. The molecule has 0 saturated heterocycles. The predicted octanol–water partition coefficient (Wildman–Crippen LogP) is 2.49. The van der Waals surface area contributed by atoms with Crippen molar-refractivity contribution in [2.24, 2.45) is 7.05 Å². The second kappa shape index (κ2) is 6.13. The summed E-state index contributed by atoms with van der Waals surface area (Å²) in [7, 11) is 1.86. The van der Waals surface area contributed by atoms with E-state index in [0.29, 0.717) is 13.0 Å². The van der Waals surface area contributed by atoms with Gasteiger partial charge in [0.15, 0.2) is 6.04 Å². The first kappa shape index (κ1) is 15.1. The number of carbonyl (C=O) groups excluding carboxylic acids is 1. The zero-order valence-electron chi connectivity index (χ0n) is 13.2. The van der Waals surface area contributed by atoms with Crippen molar-refractivity contribution in [1.82, 2.24) is 14.7 Å². The second-order valence-corrected chi connectivity index (χ2v) is 5.58. The van der Waals surface area contributed by atoms with E-state index < -0.39 is 12.1 Å². The molecule has 1 atom stereocenters. The Morgan fingerprint density at radius 1 is 1.43 bits per heavy atom. The number of benzene rings is 1. The van der Waals surface area contributed by atoms with Gasteiger partial charge in [0, 0.05) is 31.3 Å². The van der Waals surface area contributed by atoms with Crippen LogP contribution in [0.2, 0.25) is 0 Å². The van der Waals surface area contributed by atoms with Crippen molar-refractivity contribution in [2.45, 2.75) is 26.0 Å². The molecule has 1 unspecified atom stereocenters. The quantitative estimate of drug-likeness (QED) is 0.854. The summed E-state index contributed by atoms with van der Waals surface area (Å²) in [5.74, 6) is 0. The highest BCUT2D eigenvalue weighted by Crippen LogP contribution is 2.32. The number of amides is 1. The minimum atomic E-state index is -0.643. The first-order valence-electron chi connectivity index (χ1n) is 7.51. The van der Waals surface area contributed by atoms with Gasteiger partial charge in [0.05, 0.1) is 11.8 Å². The van der Waals surface area contributed by atoms with Crippen LogP contribution in [0.5, 0.6) is 0 Å². The fourth-order valence-corrected chi connectivity index (χ4v) is 3.02. The Hall–Kier alpha value is -2.81. The van der Waals surface area contributed by atoms with Gasteiger partial charge in [-0.25, -0.2) is 4.79 Å². The van der Waals surface area contributed by atoms with Gasteiger partial charge in [-0.15, -0.1) is 0 Å². The third-order valence-corrected chi connectivity index (χ3v) is 4.13. The van der Waals surface area contributed by atoms with Gasteiger partial charge >= 0.3 is 6.09 Å². The summed E-state index contributed by atoms with van der Waals surface area (Å²) in [5.41, 5.74) is 3.55. The fourth-order valence-electron chi connectivity index (χ4n) is 3.02. The summed E-state index contributed by atoms with van der Waals surface area (Å²) < 4.78 is 7.16. The molecule has 6 heteroatoms. The zero-order chi connectivity index (χ0) is 16.4. The lowest BCUT2D eigenvalue weighted by atomic mass is 9.98. The Balaban J connectivity index is 1.76. The van der Waals surface area contributed by atoms with E-state index in [0.717, 1.165) is 22.5 Å². The Morgan fingerprint density at radius 2 is 2.17 bits per heavy atom. The molecule has 0 saturated carbocycles. The van der Waals surface area contributed by atoms with Gasteiger partial charge in [0.2, 0.25) is 0 Å². The highest BCUT2D eigenvalue weighted by Gasteiger charge is 2.35. The lowest BCUT2D eigenvalue weighted by molar-refractivity contribution is 0.0855. The summed E-state index contributed by atoms with van der Waals surface area (Å²) in [4.78, 5) is 13.9. The topological polar surface area (TPSA) is 71.2 Å². The first-order valence-corrected chi connectivity index (χ1v) is 7.51. The Kier molecular flexibility index (Phi) is 4.02. The lowest BCUT2D eigenvalue weighted by Crippen LogP contribution is -2.40. The smallest absolute Gasteiger partial charge is 0.411 e. The lowest BCUT2D eigenvalue weighted by Gasteiger charge is -2.31. The van der Waals surface area contributed by atoms with E-state index in [-0.39, 0.29) is 6.61 Å². The maximum Gasteiger partial charge on any atom is 0.411 e. The number of ether oxygens (including phenoxy) is 1. The highest BCUT2D eigenvalue weighted by atomic mass is 16.6. The van der Waals surface area contributed by atoms with Crippen molar-refractivity contribution in [2.75, 3.05) is 6.54 Å². The van der Waals surface area contributed by atoms with Crippen LogP contribution in [0.4, 0.5) is 4.79 Å². The highest BCUT2D eigenvalue weighted by molar-refractivity contribution is 5.69.